The Bertz CT molecular complexity index is 3550. The average molecular weight is 1200 g/mol. The molecular weight excluding hydrogens is 1100 g/mol. The molecule has 0 unspecified atom stereocenters. The third kappa shape index (κ3) is 20.0. The Hall–Kier alpha value is -8.11. The summed E-state index contributed by atoms with van der Waals surface area (Å²) in [6.45, 7) is 31.3. The predicted octanol–water partition coefficient (Wildman–Crippen LogP) is 17.4. The Labute approximate surface area is 522 Å². The highest BCUT2D eigenvalue weighted by atomic mass is 16.6. The number of nitrogens with one attached hydrogen (secondary N) is 2. The van der Waals surface area contributed by atoms with Gasteiger partial charge in [0.15, 0.2) is 5.69 Å². The summed E-state index contributed by atoms with van der Waals surface area (Å²) in [7, 11) is 0. The molecule has 6 aromatic rings. The minimum Gasteiger partial charge on any atom is -0.444 e. The molecule has 16 heteroatoms. The minimum atomic E-state index is -0.702. The van der Waals surface area contributed by atoms with Gasteiger partial charge in [0.25, 0.3) is 0 Å². The molecule has 0 bridgehead atoms. The molecule has 4 N–H and O–H groups in total. The summed E-state index contributed by atoms with van der Waals surface area (Å²) < 4.78 is 25.4. The first-order valence-electron chi connectivity index (χ1n) is 31.3. The molecule has 0 fully saturated rings. The molecule has 470 valence electrons. The van der Waals surface area contributed by atoms with E-state index in [-0.39, 0.29) is 6.09 Å². The lowest BCUT2D eigenvalue weighted by Crippen LogP contribution is -2.71. The lowest BCUT2D eigenvalue weighted by Gasteiger charge is -2.29. The lowest BCUT2D eigenvalue weighted by atomic mass is 10.0. The Kier molecular flexibility index (Phi) is 22.4. The molecule has 1 aromatic heterocycles. The number of unbranched alkanes of at least 4 members (excludes halogenated alkanes) is 9. The van der Waals surface area contributed by atoms with Crippen LogP contribution in [0, 0.1) is 20.8 Å². The van der Waals surface area contributed by atoms with Crippen LogP contribution < -0.4 is 30.3 Å². The first-order valence-corrected chi connectivity index (χ1v) is 31.3. The molecule has 1 aliphatic rings. The van der Waals surface area contributed by atoms with Crippen LogP contribution in [0.5, 0.6) is 0 Å². The number of anilines is 3. The number of hydrogen-bond donors (Lipinski definition) is 3. The van der Waals surface area contributed by atoms with Crippen molar-refractivity contribution in [3.8, 4) is 5.69 Å². The van der Waals surface area contributed by atoms with Crippen LogP contribution >= 0.6 is 0 Å². The number of quaternary nitrogens is 1. The molecule has 1 aliphatic carbocycles. The van der Waals surface area contributed by atoms with Crippen molar-refractivity contribution in [2.45, 2.75) is 204 Å². The summed E-state index contributed by atoms with van der Waals surface area (Å²) >= 11 is 0. The van der Waals surface area contributed by atoms with E-state index in [4.69, 9.17) is 28.9 Å². The summed E-state index contributed by atoms with van der Waals surface area (Å²) in [5.41, 5.74) is 11.2. The van der Waals surface area contributed by atoms with Gasteiger partial charge < -0.3 is 18.9 Å². The van der Waals surface area contributed by atoms with Gasteiger partial charge >= 0.3 is 24.4 Å². The quantitative estimate of drug-likeness (QED) is 0.0208. The highest BCUT2D eigenvalue weighted by molar-refractivity contribution is 6.01. The first-order chi connectivity index (χ1) is 41.4. The molecule has 88 heavy (non-hydrogen) atoms. The maximum absolute atomic E-state index is 14.2. The maximum atomic E-state index is 14.2. The number of hydrogen-bond acceptors (Lipinski definition) is 10. The number of benzene rings is 5. The summed E-state index contributed by atoms with van der Waals surface area (Å²) in [4.78, 5) is 67.8. The van der Waals surface area contributed by atoms with Crippen LogP contribution in [0.15, 0.2) is 125 Å². The number of aromatic nitrogens is 2. The highest BCUT2D eigenvalue weighted by Gasteiger charge is 2.31. The van der Waals surface area contributed by atoms with Crippen LogP contribution in [0.2, 0.25) is 0 Å². The molecule has 0 radical (unpaired) electrons. The van der Waals surface area contributed by atoms with Gasteiger partial charge in [-0.25, -0.2) is 29.2 Å². The number of allylic oxidation sites excluding steroid dienone is 3. The van der Waals surface area contributed by atoms with Crippen molar-refractivity contribution in [1.29, 1.82) is 0 Å². The number of ether oxygens (including phenoxy) is 4. The van der Waals surface area contributed by atoms with E-state index in [1.807, 2.05) is 202 Å². The number of nitrogens with zero attached hydrogens (tertiary/aromatic N) is 5. The first kappa shape index (κ1) is 67.4. The number of amides is 4. The number of nitrogens with two attached hydrogens (primary N) is 1. The molecule has 0 saturated carbocycles. The van der Waals surface area contributed by atoms with E-state index in [1.165, 1.54) is 0 Å². The second kappa shape index (κ2) is 29.3. The maximum Gasteiger partial charge on any atom is 0.414 e. The van der Waals surface area contributed by atoms with Gasteiger partial charge in [-0.1, -0.05) is 93.8 Å². The van der Waals surface area contributed by atoms with Crippen molar-refractivity contribution in [3.63, 3.8) is 0 Å². The molecular formula is C72H96N8O8+2. The van der Waals surface area contributed by atoms with Crippen molar-refractivity contribution in [2.24, 2.45) is 4.99 Å². The SMILES string of the molecule is CC1=CC(=Nc2cc(C)c(N(CCCCCCCCCCCCN(C(=O)OC(C)(C)C)c3cc4c(cc3C)nc3cc(C)c(NC(=O)OC(C)(C)C)cc3[n+]4-c3ccccc3)C(=O)OC(C)(C)C)cc2[NH2+]c2ccccc2)CC=C1NC(=O)OC(C)(C)C. The van der Waals surface area contributed by atoms with Crippen molar-refractivity contribution >= 4 is 86.3 Å². The molecule has 5 aromatic carbocycles. The molecule has 16 nitrogen and oxygen atoms in total. The zero-order valence-corrected chi connectivity index (χ0v) is 55.2. The van der Waals surface area contributed by atoms with Crippen LogP contribution in [0.3, 0.4) is 0 Å². The molecule has 0 spiro atoms. The minimum absolute atomic E-state index is 0.383. The number of alkyl carbamates (subject to hydrolysis) is 1. The highest BCUT2D eigenvalue weighted by Crippen LogP contribution is 2.35. The monoisotopic (exact) mass is 1200 g/mol. The van der Waals surface area contributed by atoms with Gasteiger partial charge in [-0.2, -0.15) is 0 Å². The summed E-state index contributed by atoms with van der Waals surface area (Å²) in [6.07, 6.45) is 12.7. The van der Waals surface area contributed by atoms with Crippen molar-refractivity contribution in [2.75, 3.05) is 28.2 Å². The second-order valence-electron chi connectivity index (χ2n) is 27.1. The third-order valence-electron chi connectivity index (χ3n) is 14.5. The van der Waals surface area contributed by atoms with Gasteiger partial charge in [-0.15, -0.1) is 4.57 Å². The normalized spacial score (nSPS) is 13.4. The third-order valence-corrected chi connectivity index (χ3v) is 14.5. The van der Waals surface area contributed by atoms with E-state index >= 15 is 0 Å². The molecule has 0 aliphatic heterocycles. The zero-order valence-electron chi connectivity index (χ0n) is 55.2. The van der Waals surface area contributed by atoms with E-state index in [0.717, 1.165) is 148 Å². The summed E-state index contributed by atoms with van der Waals surface area (Å²) in [5.74, 6) is 0. The number of fused-ring (bicyclic) bond motifs is 2. The number of aliphatic imine (C=N–C) groups is 1. The number of carbonyl (C=O) groups excluding carboxylic acids is 4. The van der Waals surface area contributed by atoms with Gasteiger partial charge in [-0.05, 0) is 182 Å². The summed E-state index contributed by atoms with van der Waals surface area (Å²) in [5, 5.41) is 7.94. The fourth-order valence-electron chi connectivity index (χ4n) is 10.5. The molecule has 4 amide bonds. The van der Waals surface area contributed by atoms with E-state index in [2.05, 4.69) is 38.7 Å². The fourth-order valence-corrected chi connectivity index (χ4v) is 10.5. The van der Waals surface area contributed by atoms with E-state index in [9.17, 15) is 19.2 Å². The average Bonchev–Trinajstić information content (AvgIpc) is 0.964. The van der Waals surface area contributed by atoms with Crippen LogP contribution in [-0.4, -0.2) is 70.6 Å². The smallest absolute Gasteiger partial charge is 0.414 e. The van der Waals surface area contributed by atoms with E-state index in [0.29, 0.717) is 30.9 Å². The Morgan fingerprint density at radius 3 is 1.51 bits per heavy atom. The van der Waals surface area contributed by atoms with E-state index in [1.54, 1.807) is 9.80 Å². The Morgan fingerprint density at radius 1 is 0.545 bits per heavy atom. The van der Waals surface area contributed by atoms with E-state index < -0.39 is 40.7 Å². The predicted molar refractivity (Wildman–Crippen MR) is 355 cm³/mol. The van der Waals surface area contributed by atoms with Gasteiger partial charge in [0, 0.05) is 61.3 Å². The van der Waals surface area contributed by atoms with Crippen LogP contribution in [-0.2, 0) is 18.9 Å². The number of aryl methyl sites for hydroxylation is 3. The largest absolute Gasteiger partial charge is 0.444 e. The zero-order chi connectivity index (χ0) is 64.1. The lowest BCUT2D eigenvalue weighted by molar-refractivity contribution is -0.538. The van der Waals surface area contributed by atoms with Crippen LogP contribution in [0.25, 0.3) is 27.8 Å². The second-order valence-corrected chi connectivity index (χ2v) is 27.1. The van der Waals surface area contributed by atoms with Gasteiger partial charge in [-0.3, -0.25) is 25.8 Å². The molecule has 0 atom stereocenters. The number of para-hydroxylation sites is 2. The molecule has 1 heterocycles. The standard InChI is InChI=1S/C72H94N8O8/c1-48-41-53(37-38-55(48)76-65(81)85-69(5,6)7)74-57-43-50(3)61(46-58(57)73-52-33-27-25-28-34-52)78(67(83)87-71(11,12)13)39-31-23-21-19-17-18-20-22-24-32-40-79(68(84)88-72(14,15)16)62-47-64-60(44-51(62)4)75-59-42-49(2)56(77-66(82)86-70(8,9)10)45-63(59)80(64)54-35-29-26-30-36-54/h25-30,33-36,38,41-47,73H,17-24,31-32,37,39-40H2,1-16H3,(H,76,81)/p+2. The number of rotatable bonds is 21. The van der Waals surface area contributed by atoms with Crippen molar-refractivity contribution < 1.29 is 48.0 Å². The van der Waals surface area contributed by atoms with Gasteiger partial charge in [0.2, 0.25) is 16.7 Å². The Balaban J connectivity index is 0.980. The fraction of sp³-hybridized carbons (Fsp3) is 0.458. The van der Waals surface area contributed by atoms with Crippen molar-refractivity contribution in [1.82, 2.24) is 10.3 Å². The van der Waals surface area contributed by atoms with Gasteiger partial charge in [0.1, 0.15) is 44.8 Å². The van der Waals surface area contributed by atoms with Crippen LogP contribution in [0.1, 0.15) is 177 Å². The van der Waals surface area contributed by atoms with Gasteiger partial charge in [0.05, 0.1) is 17.1 Å². The molecule has 0 saturated heterocycles. The molecule has 7 rings (SSSR count). The van der Waals surface area contributed by atoms with Crippen LogP contribution in [0.4, 0.5) is 53.3 Å². The summed E-state index contributed by atoms with van der Waals surface area (Å²) in [6, 6.07) is 32.2. The van der Waals surface area contributed by atoms with Crippen molar-refractivity contribution in [3.05, 3.63) is 137 Å². The topological polar surface area (TPSA) is 181 Å². The number of carbonyl (C=O) groups is 4. The Morgan fingerprint density at radius 2 is 1.00 bits per heavy atom.